The Hall–Kier alpha value is -1.12. The summed E-state index contributed by atoms with van der Waals surface area (Å²) in [5, 5.41) is 0. The molecule has 1 rings (SSSR count). The number of nitrogens with zero attached hydrogens (tertiary/aromatic N) is 1. The van der Waals surface area contributed by atoms with E-state index >= 15 is 0 Å². The van der Waals surface area contributed by atoms with E-state index < -0.39 is 0 Å². The van der Waals surface area contributed by atoms with Crippen molar-refractivity contribution >= 4 is 11.8 Å². The van der Waals surface area contributed by atoms with Crippen molar-refractivity contribution in [1.29, 1.82) is 0 Å². The molecule has 1 aliphatic heterocycles. The van der Waals surface area contributed by atoms with Crippen LogP contribution in [0.5, 0.6) is 0 Å². The summed E-state index contributed by atoms with van der Waals surface area (Å²) in [6, 6.07) is 0. The normalized spacial score (nSPS) is 18.3. The number of hydrogen-bond donors (Lipinski definition) is 0. The van der Waals surface area contributed by atoms with Crippen LogP contribution in [-0.4, -0.2) is 23.3 Å². The van der Waals surface area contributed by atoms with Crippen LogP contribution in [0.15, 0.2) is 12.2 Å². The number of rotatable bonds is 0. The van der Waals surface area contributed by atoms with E-state index in [0.29, 0.717) is 18.5 Å². The second-order valence-corrected chi connectivity index (χ2v) is 2.33. The number of hydrogen-bond acceptors (Lipinski definition) is 2. The summed E-state index contributed by atoms with van der Waals surface area (Å²) in [4.78, 5) is 22.8. The van der Waals surface area contributed by atoms with Crippen LogP contribution in [0.4, 0.5) is 0 Å². The Labute approximate surface area is 59.3 Å². The number of carbonyl (C=O) groups excluding carboxylic acids is 2. The standard InChI is InChI=1S/C7H9NO2/c1-5-3-4-8(6(2)9)7(5)10/h1,3-4H2,2H3. The van der Waals surface area contributed by atoms with E-state index in [1.165, 1.54) is 11.8 Å². The van der Waals surface area contributed by atoms with Crippen molar-refractivity contribution in [3.8, 4) is 0 Å². The average Bonchev–Trinajstić information content (AvgIpc) is 2.14. The average molecular weight is 139 g/mol. The van der Waals surface area contributed by atoms with Gasteiger partial charge in [-0.1, -0.05) is 6.58 Å². The van der Waals surface area contributed by atoms with E-state index in [2.05, 4.69) is 6.58 Å². The maximum absolute atomic E-state index is 11.0. The number of carbonyl (C=O) groups is 2. The van der Waals surface area contributed by atoms with Gasteiger partial charge in [0.15, 0.2) is 0 Å². The van der Waals surface area contributed by atoms with Gasteiger partial charge in [0.05, 0.1) is 0 Å². The minimum Gasteiger partial charge on any atom is -0.279 e. The SMILES string of the molecule is C=C1CCN(C(C)=O)C1=O. The predicted octanol–water partition coefficient (Wildman–Crippen LogP) is 0.321. The lowest BCUT2D eigenvalue weighted by Gasteiger charge is -2.08. The molecule has 0 unspecified atom stereocenters. The van der Waals surface area contributed by atoms with E-state index in [4.69, 9.17) is 0 Å². The second-order valence-electron chi connectivity index (χ2n) is 2.33. The lowest BCUT2D eigenvalue weighted by atomic mass is 10.3. The van der Waals surface area contributed by atoms with Crippen molar-refractivity contribution in [2.75, 3.05) is 6.54 Å². The third-order valence-electron chi connectivity index (χ3n) is 1.56. The van der Waals surface area contributed by atoms with Crippen LogP contribution in [0.25, 0.3) is 0 Å². The summed E-state index contributed by atoms with van der Waals surface area (Å²) in [7, 11) is 0. The van der Waals surface area contributed by atoms with Crippen LogP contribution in [0.1, 0.15) is 13.3 Å². The third kappa shape index (κ3) is 0.943. The fourth-order valence-corrected chi connectivity index (χ4v) is 0.947. The number of likely N-dealkylation sites (tertiary alicyclic amines) is 1. The first kappa shape index (κ1) is 6.99. The Balaban J connectivity index is 2.76. The van der Waals surface area contributed by atoms with Gasteiger partial charge in [0.2, 0.25) is 5.91 Å². The predicted molar refractivity (Wildman–Crippen MR) is 36.2 cm³/mol. The molecule has 3 heteroatoms. The minimum absolute atomic E-state index is 0.191. The van der Waals surface area contributed by atoms with Crippen molar-refractivity contribution in [3.63, 3.8) is 0 Å². The van der Waals surface area contributed by atoms with Crippen molar-refractivity contribution in [2.45, 2.75) is 13.3 Å². The molecular weight excluding hydrogens is 130 g/mol. The molecule has 0 aromatic heterocycles. The van der Waals surface area contributed by atoms with E-state index in [9.17, 15) is 9.59 Å². The van der Waals surface area contributed by atoms with Gasteiger partial charge in [0, 0.05) is 19.0 Å². The Morgan fingerprint density at radius 1 is 1.70 bits per heavy atom. The highest BCUT2D eigenvalue weighted by molar-refractivity contribution is 6.05. The molecule has 0 aromatic carbocycles. The molecule has 0 N–H and O–H groups in total. The van der Waals surface area contributed by atoms with Gasteiger partial charge in [-0.25, -0.2) is 0 Å². The molecule has 0 spiro atoms. The Kier molecular flexibility index (Phi) is 1.57. The van der Waals surface area contributed by atoms with Crippen LogP contribution < -0.4 is 0 Å². The fraction of sp³-hybridized carbons (Fsp3) is 0.429. The summed E-state index contributed by atoms with van der Waals surface area (Å²) < 4.78 is 0. The van der Waals surface area contributed by atoms with Crippen LogP contribution >= 0.6 is 0 Å². The molecule has 54 valence electrons. The van der Waals surface area contributed by atoms with Crippen LogP contribution in [-0.2, 0) is 9.59 Å². The lowest BCUT2D eigenvalue weighted by molar-refractivity contribution is -0.138. The number of imide groups is 1. The molecular formula is C7H9NO2. The molecule has 1 aliphatic rings. The Morgan fingerprint density at radius 2 is 2.30 bits per heavy atom. The van der Waals surface area contributed by atoms with Gasteiger partial charge in [-0.2, -0.15) is 0 Å². The van der Waals surface area contributed by atoms with Crippen molar-refractivity contribution in [1.82, 2.24) is 4.90 Å². The summed E-state index contributed by atoms with van der Waals surface area (Å²) >= 11 is 0. The molecule has 0 saturated carbocycles. The first-order valence-electron chi connectivity index (χ1n) is 3.13. The van der Waals surface area contributed by atoms with Gasteiger partial charge in [-0.15, -0.1) is 0 Å². The van der Waals surface area contributed by atoms with Crippen LogP contribution in [0.2, 0.25) is 0 Å². The van der Waals surface area contributed by atoms with Crippen molar-refractivity contribution in [2.24, 2.45) is 0 Å². The molecule has 0 aliphatic carbocycles. The van der Waals surface area contributed by atoms with E-state index in [1.54, 1.807) is 0 Å². The molecule has 0 aromatic rings. The Morgan fingerprint density at radius 3 is 2.50 bits per heavy atom. The topological polar surface area (TPSA) is 37.4 Å². The van der Waals surface area contributed by atoms with E-state index in [-0.39, 0.29) is 11.8 Å². The Bertz CT molecular complexity index is 208. The molecule has 0 atom stereocenters. The largest absolute Gasteiger partial charge is 0.279 e. The highest BCUT2D eigenvalue weighted by atomic mass is 16.2. The monoisotopic (exact) mass is 139 g/mol. The first-order valence-corrected chi connectivity index (χ1v) is 3.13. The molecule has 1 fully saturated rings. The summed E-state index contributed by atoms with van der Waals surface area (Å²) in [5.41, 5.74) is 0.537. The van der Waals surface area contributed by atoms with Gasteiger partial charge in [-0.3, -0.25) is 14.5 Å². The fourth-order valence-electron chi connectivity index (χ4n) is 0.947. The molecule has 0 bridgehead atoms. The summed E-state index contributed by atoms with van der Waals surface area (Å²) in [6.07, 6.45) is 0.623. The van der Waals surface area contributed by atoms with E-state index in [0.717, 1.165) is 0 Å². The summed E-state index contributed by atoms with van der Waals surface area (Å²) in [6.45, 7) is 5.42. The van der Waals surface area contributed by atoms with Gasteiger partial charge in [-0.05, 0) is 6.42 Å². The third-order valence-corrected chi connectivity index (χ3v) is 1.56. The second kappa shape index (κ2) is 2.25. The van der Waals surface area contributed by atoms with Gasteiger partial charge in [0.1, 0.15) is 0 Å². The molecule has 1 saturated heterocycles. The first-order chi connectivity index (χ1) is 4.63. The maximum Gasteiger partial charge on any atom is 0.255 e. The molecule has 10 heavy (non-hydrogen) atoms. The van der Waals surface area contributed by atoms with Gasteiger partial charge >= 0.3 is 0 Å². The van der Waals surface area contributed by atoms with Crippen molar-refractivity contribution in [3.05, 3.63) is 12.2 Å². The van der Waals surface area contributed by atoms with Gasteiger partial charge in [0.25, 0.3) is 5.91 Å². The molecule has 0 radical (unpaired) electrons. The highest BCUT2D eigenvalue weighted by Crippen LogP contribution is 2.14. The van der Waals surface area contributed by atoms with Gasteiger partial charge < -0.3 is 0 Å². The smallest absolute Gasteiger partial charge is 0.255 e. The zero-order chi connectivity index (χ0) is 7.72. The molecule has 3 nitrogen and oxygen atoms in total. The molecule has 1 heterocycles. The quantitative estimate of drug-likeness (QED) is 0.453. The zero-order valence-corrected chi connectivity index (χ0v) is 5.89. The lowest BCUT2D eigenvalue weighted by Crippen LogP contribution is -2.29. The number of amides is 2. The maximum atomic E-state index is 11.0. The van der Waals surface area contributed by atoms with Crippen LogP contribution in [0.3, 0.4) is 0 Å². The highest BCUT2D eigenvalue weighted by Gasteiger charge is 2.26. The van der Waals surface area contributed by atoms with E-state index in [1.807, 2.05) is 0 Å². The molecule has 2 amide bonds. The zero-order valence-electron chi connectivity index (χ0n) is 5.89. The van der Waals surface area contributed by atoms with Crippen LogP contribution in [0, 0.1) is 0 Å². The van der Waals surface area contributed by atoms with Crippen molar-refractivity contribution < 1.29 is 9.59 Å². The minimum atomic E-state index is -0.215. The summed E-state index contributed by atoms with van der Waals surface area (Å²) in [5.74, 6) is -0.406.